The van der Waals surface area contributed by atoms with Crippen LogP contribution in [0.15, 0.2) is 97.1 Å². The monoisotopic (exact) mass is 832 g/mol. The molecule has 0 aliphatic carbocycles. The van der Waals surface area contributed by atoms with E-state index in [0.717, 1.165) is 19.8 Å². The van der Waals surface area contributed by atoms with Crippen LogP contribution in [0.2, 0.25) is 0 Å². The molecule has 14 nitrogen and oxygen atoms in total. The molecule has 6 amide bonds. The van der Waals surface area contributed by atoms with Crippen LogP contribution in [0, 0.1) is 11.8 Å². The van der Waals surface area contributed by atoms with Crippen LogP contribution in [-0.2, 0) is 23.9 Å². The molecule has 16 heteroatoms. The highest BCUT2D eigenvalue weighted by Crippen LogP contribution is 2.36. The van der Waals surface area contributed by atoms with Gasteiger partial charge in [0.25, 0.3) is 11.8 Å². The Kier molecular flexibility index (Phi) is 12.5. The Balaban J connectivity index is 0.949. The summed E-state index contributed by atoms with van der Waals surface area (Å²) in [5, 5.41) is 20.8. The largest absolute Gasteiger partial charge is 0.465 e. The maximum absolute atomic E-state index is 13.7. The van der Waals surface area contributed by atoms with Crippen molar-refractivity contribution in [2.24, 2.45) is 0 Å². The predicted octanol–water partition coefficient (Wildman–Crippen LogP) is 6.33. The fourth-order valence-electron chi connectivity index (χ4n) is 7.26. The van der Waals surface area contributed by atoms with E-state index in [9.17, 15) is 33.9 Å². The lowest BCUT2D eigenvalue weighted by Gasteiger charge is -2.28. The number of nitrogens with one attached hydrogen (secondary N) is 4. The molecule has 0 bridgehead atoms. The molecule has 2 aliphatic rings. The van der Waals surface area contributed by atoms with Crippen molar-refractivity contribution in [3.63, 3.8) is 0 Å². The number of benzene rings is 3. The first-order chi connectivity index (χ1) is 28.6. The number of hydrogen-bond donors (Lipinski definition) is 5. The van der Waals surface area contributed by atoms with Gasteiger partial charge in [-0.1, -0.05) is 72.5 Å². The zero-order chi connectivity index (χ0) is 41.5. The number of anilines is 2. The first kappa shape index (κ1) is 40.5. The number of likely N-dealkylation sites (tertiary alicyclic amines) is 2. The van der Waals surface area contributed by atoms with Gasteiger partial charge in [-0.05, 0) is 73.2 Å². The molecule has 4 atom stereocenters. The zero-order valence-corrected chi connectivity index (χ0v) is 33.4. The number of amides is 6. The first-order valence-electron chi connectivity index (χ1n) is 18.9. The molecule has 0 spiro atoms. The Morgan fingerprint density at radius 1 is 0.695 bits per heavy atom. The number of methoxy groups -OCH3 is 1. The van der Waals surface area contributed by atoms with Crippen molar-refractivity contribution in [2.75, 3.05) is 30.8 Å². The van der Waals surface area contributed by atoms with Gasteiger partial charge in [-0.2, -0.15) is 0 Å². The maximum Gasteiger partial charge on any atom is 0.407 e. The van der Waals surface area contributed by atoms with E-state index in [2.05, 4.69) is 33.1 Å². The quantitative estimate of drug-likeness (QED) is 0.101. The molecule has 2 fully saturated rings. The topological polar surface area (TPSA) is 186 Å². The lowest BCUT2D eigenvalue weighted by molar-refractivity contribution is -0.138. The summed E-state index contributed by atoms with van der Waals surface area (Å²) in [6, 6.07) is 24.7. The summed E-state index contributed by atoms with van der Waals surface area (Å²) < 4.78 is 6.66. The second-order valence-electron chi connectivity index (χ2n) is 13.9. The summed E-state index contributed by atoms with van der Waals surface area (Å²) in [5.41, 5.74) is 2.34. The number of alkyl carbamates (subject to hydrolysis) is 1. The fourth-order valence-corrected chi connectivity index (χ4v) is 9.42. The molecule has 5 aromatic rings. The molecular weight excluding hydrogens is 793 g/mol. The van der Waals surface area contributed by atoms with E-state index in [-0.39, 0.29) is 17.7 Å². The van der Waals surface area contributed by atoms with Crippen LogP contribution in [-0.4, -0.2) is 83.0 Å². The van der Waals surface area contributed by atoms with Crippen molar-refractivity contribution in [2.45, 2.75) is 49.9 Å². The first-order valence-corrected chi connectivity index (χ1v) is 20.5. The second kappa shape index (κ2) is 18.3. The summed E-state index contributed by atoms with van der Waals surface area (Å²) in [6.07, 6.45) is 0.129. The molecule has 0 saturated carbocycles. The van der Waals surface area contributed by atoms with Gasteiger partial charge >= 0.3 is 12.2 Å². The van der Waals surface area contributed by atoms with Crippen LogP contribution in [0.25, 0.3) is 9.40 Å². The van der Waals surface area contributed by atoms with Crippen molar-refractivity contribution in [3.8, 4) is 11.8 Å². The highest BCUT2D eigenvalue weighted by Gasteiger charge is 2.40. The van der Waals surface area contributed by atoms with E-state index in [1.165, 1.54) is 39.6 Å². The second-order valence-corrected chi connectivity index (χ2v) is 16.1. The van der Waals surface area contributed by atoms with Gasteiger partial charge in [-0.15, -0.1) is 22.7 Å². The van der Waals surface area contributed by atoms with E-state index in [1.807, 2.05) is 18.2 Å². The fraction of sp³-hybridized carbons (Fsp3) is 0.256. The number of carbonyl (C=O) groups excluding carboxylic acids is 5. The molecule has 2 aromatic heterocycles. The molecule has 59 heavy (non-hydrogen) atoms. The SMILES string of the molecule is COC(=O)N[C@@H](C(=O)N1CCC[C@H]1C(=O)Nc1cc2sc(C#Cc3ccc(NC(=O)[C@@H]4CCCN4C(=O)[C@H](NC(=O)O)c4ccccc4)cc3)cc2s1)c1ccccc1. The number of thiophene rings is 2. The highest BCUT2D eigenvalue weighted by molar-refractivity contribution is 7.30. The normalized spacial score (nSPS) is 17.0. The molecule has 5 N–H and O–H groups in total. The highest BCUT2D eigenvalue weighted by atomic mass is 32.1. The van der Waals surface area contributed by atoms with Gasteiger partial charge in [0.2, 0.25) is 11.8 Å². The third-order valence-corrected chi connectivity index (χ3v) is 12.2. The average Bonchev–Trinajstić information content (AvgIpc) is 4.07. The minimum Gasteiger partial charge on any atom is -0.465 e. The zero-order valence-electron chi connectivity index (χ0n) is 31.8. The maximum atomic E-state index is 13.7. The summed E-state index contributed by atoms with van der Waals surface area (Å²) in [4.78, 5) is 81.5. The molecule has 302 valence electrons. The number of fused-ring (bicyclic) bond motifs is 1. The minimum absolute atomic E-state index is 0.298. The molecule has 3 aromatic carbocycles. The predicted molar refractivity (Wildman–Crippen MR) is 224 cm³/mol. The van der Waals surface area contributed by atoms with Gasteiger partial charge in [-0.3, -0.25) is 19.2 Å². The van der Waals surface area contributed by atoms with Crippen molar-refractivity contribution < 1.29 is 38.6 Å². The van der Waals surface area contributed by atoms with Crippen LogP contribution in [0.3, 0.4) is 0 Å². The molecule has 4 heterocycles. The third kappa shape index (κ3) is 9.54. The molecule has 2 saturated heterocycles. The Bertz CT molecular complexity index is 2390. The van der Waals surface area contributed by atoms with Gasteiger partial charge in [0.1, 0.15) is 24.2 Å². The standard InChI is InChI=1S/C43H40N6O8S2/c1-57-43(56)47-37(28-12-6-3-7-13-28)41(53)49-23-9-15-32(49)39(51)45-35-25-34-33(59-35)24-30(58-34)21-18-26-16-19-29(20-17-26)44-38(50)31-14-8-22-48(31)40(52)36(46-42(54)55)27-10-4-2-5-11-27/h2-7,10-13,16-17,19-20,24-25,31-32,36-37,46H,8-9,14-15,22-23H2,1H3,(H,44,50)(H,45,51)(H,47,56)(H,54,55)/t31-,32-,36+,37+/m0/s1. The smallest absolute Gasteiger partial charge is 0.407 e. The molecule has 0 radical (unpaired) electrons. The van der Waals surface area contributed by atoms with E-state index in [1.54, 1.807) is 78.9 Å². The van der Waals surface area contributed by atoms with Gasteiger partial charge in [-0.25, -0.2) is 9.59 Å². The molecule has 2 aliphatic heterocycles. The Morgan fingerprint density at radius 2 is 1.24 bits per heavy atom. The van der Waals surface area contributed by atoms with Gasteiger partial charge < -0.3 is 40.9 Å². The van der Waals surface area contributed by atoms with E-state index in [4.69, 9.17) is 4.74 Å². The van der Waals surface area contributed by atoms with Crippen molar-refractivity contribution in [1.29, 1.82) is 0 Å². The van der Waals surface area contributed by atoms with Gasteiger partial charge in [0.15, 0.2) is 0 Å². The number of ether oxygens (including phenoxy) is 1. The third-order valence-electron chi connectivity index (χ3n) is 10.1. The summed E-state index contributed by atoms with van der Waals surface area (Å²) in [7, 11) is 1.23. The van der Waals surface area contributed by atoms with Crippen LogP contribution in [0.4, 0.5) is 20.3 Å². The molecule has 7 rings (SSSR count). The van der Waals surface area contributed by atoms with Crippen LogP contribution < -0.4 is 21.3 Å². The van der Waals surface area contributed by atoms with Gasteiger partial charge in [0, 0.05) is 33.7 Å². The Hall–Kier alpha value is -6.70. The van der Waals surface area contributed by atoms with Crippen molar-refractivity contribution >= 4 is 78.6 Å². The average molecular weight is 833 g/mol. The number of rotatable bonds is 10. The number of hydrogen-bond acceptors (Lipinski definition) is 9. The van der Waals surface area contributed by atoms with E-state index in [0.29, 0.717) is 60.6 Å². The number of carbonyl (C=O) groups is 6. The van der Waals surface area contributed by atoms with E-state index >= 15 is 0 Å². The summed E-state index contributed by atoms with van der Waals surface area (Å²) >= 11 is 2.90. The Labute approximate surface area is 347 Å². The summed E-state index contributed by atoms with van der Waals surface area (Å²) in [5.74, 6) is 4.82. The van der Waals surface area contributed by atoms with Crippen LogP contribution in [0.5, 0.6) is 0 Å². The van der Waals surface area contributed by atoms with E-state index < -0.39 is 42.3 Å². The Morgan fingerprint density at radius 3 is 1.78 bits per heavy atom. The number of nitrogens with zero attached hydrogens (tertiary/aromatic N) is 2. The lowest BCUT2D eigenvalue weighted by Crippen LogP contribution is -2.48. The lowest BCUT2D eigenvalue weighted by atomic mass is 10.0. The molecular formula is C43H40N6O8S2. The summed E-state index contributed by atoms with van der Waals surface area (Å²) in [6.45, 7) is 0.720. The van der Waals surface area contributed by atoms with Crippen LogP contribution in [0.1, 0.15) is 59.3 Å². The van der Waals surface area contributed by atoms with Crippen molar-refractivity contribution in [3.05, 3.63) is 119 Å². The molecule has 0 unspecified atom stereocenters. The van der Waals surface area contributed by atoms with Crippen LogP contribution >= 0.6 is 22.7 Å². The number of carboxylic acid groups (broad SMARTS) is 1. The van der Waals surface area contributed by atoms with Gasteiger partial charge in [0.05, 0.1) is 17.0 Å². The van der Waals surface area contributed by atoms with Crippen molar-refractivity contribution in [1.82, 2.24) is 20.4 Å². The minimum atomic E-state index is -1.33.